The number of nitrogens with one attached hydrogen (secondary N) is 1. The van der Waals surface area contributed by atoms with Gasteiger partial charge in [-0.3, -0.25) is 4.79 Å². The molecule has 0 heterocycles. The Bertz CT molecular complexity index is 1250. The summed E-state index contributed by atoms with van der Waals surface area (Å²) in [6, 6.07) is 21.2. The molecule has 3 aromatic carbocycles. The summed E-state index contributed by atoms with van der Waals surface area (Å²) in [5.74, 6) is -1.49. The van der Waals surface area contributed by atoms with Crippen LogP contribution in [0.5, 0.6) is 5.75 Å². The number of carbonyl (C=O) groups is 3. The number of amides is 1. The van der Waals surface area contributed by atoms with Gasteiger partial charge in [0.1, 0.15) is 24.0 Å². The van der Waals surface area contributed by atoms with Gasteiger partial charge in [-0.15, -0.1) is 0 Å². The Labute approximate surface area is 195 Å². The molecule has 3 rings (SSSR count). The van der Waals surface area contributed by atoms with Gasteiger partial charge < -0.3 is 19.9 Å². The van der Waals surface area contributed by atoms with E-state index in [-0.39, 0.29) is 11.1 Å². The molecular formula is C26H20N2O6. The standard InChI is InChI=1S/C26H20N2O6/c1-33-26(32)20-6-2-18(3-7-20)16-34-23-12-4-17(5-13-23)14-21(15-27)24(29)28-22-10-8-19(9-11-22)25(30)31/h2-14H,16H2,1H3,(H,28,29)(H,30,31)/b21-14+. The van der Waals surface area contributed by atoms with Crippen molar-refractivity contribution in [3.8, 4) is 11.8 Å². The number of methoxy groups -OCH3 is 1. The van der Waals surface area contributed by atoms with Crippen molar-refractivity contribution in [2.75, 3.05) is 12.4 Å². The average molecular weight is 456 g/mol. The van der Waals surface area contributed by atoms with E-state index < -0.39 is 17.8 Å². The number of ether oxygens (including phenoxy) is 2. The second-order valence-corrected chi connectivity index (χ2v) is 7.05. The molecule has 0 atom stereocenters. The summed E-state index contributed by atoms with van der Waals surface area (Å²) in [5.41, 5.74) is 2.31. The van der Waals surface area contributed by atoms with Crippen LogP contribution in [0.15, 0.2) is 78.4 Å². The summed E-state index contributed by atoms with van der Waals surface area (Å²) in [7, 11) is 1.33. The van der Waals surface area contributed by atoms with Gasteiger partial charge in [0.05, 0.1) is 18.2 Å². The van der Waals surface area contributed by atoms with Gasteiger partial charge in [-0.25, -0.2) is 9.59 Å². The first kappa shape index (κ1) is 23.8. The summed E-state index contributed by atoms with van der Waals surface area (Å²) in [6.45, 7) is 0.295. The van der Waals surface area contributed by atoms with Crippen LogP contribution in [0.25, 0.3) is 6.08 Å². The van der Waals surface area contributed by atoms with E-state index in [0.717, 1.165) is 5.56 Å². The first-order chi connectivity index (χ1) is 16.4. The number of nitriles is 1. The lowest BCUT2D eigenvalue weighted by molar-refractivity contribution is -0.112. The number of anilines is 1. The molecule has 8 nitrogen and oxygen atoms in total. The third-order valence-electron chi connectivity index (χ3n) is 4.73. The van der Waals surface area contributed by atoms with Crippen LogP contribution in [0, 0.1) is 11.3 Å². The van der Waals surface area contributed by atoms with Crippen LogP contribution in [-0.2, 0) is 16.1 Å². The molecule has 0 aliphatic rings. The molecule has 0 radical (unpaired) electrons. The van der Waals surface area contributed by atoms with Crippen LogP contribution in [0.4, 0.5) is 5.69 Å². The van der Waals surface area contributed by atoms with Gasteiger partial charge in [0.2, 0.25) is 0 Å². The van der Waals surface area contributed by atoms with Crippen LogP contribution in [0.1, 0.15) is 31.8 Å². The fourth-order valence-electron chi connectivity index (χ4n) is 2.89. The minimum absolute atomic E-state index is 0.0922. The van der Waals surface area contributed by atoms with Gasteiger partial charge in [-0.2, -0.15) is 5.26 Å². The van der Waals surface area contributed by atoms with E-state index in [2.05, 4.69) is 10.1 Å². The quantitative estimate of drug-likeness (QED) is 0.294. The van der Waals surface area contributed by atoms with Gasteiger partial charge >= 0.3 is 11.9 Å². The van der Waals surface area contributed by atoms with Crippen LogP contribution in [0.2, 0.25) is 0 Å². The zero-order valence-electron chi connectivity index (χ0n) is 18.1. The number of rotatable bonds is 8. The Kier molecular flexibility index (Phi) is 7.76. The molecule has 0 spiro atoms. The molecule has 2 N–H and O–H groups in total. The number of aromatic carboxylic acids is 1. The Morgan fingerprint density at radius 2 is 1.56 bits per heavy atom. The highest BCUT2D eigenvalue weighted by Crippen LogP contribution is 2.18. The highest BCUT2D eigenvalue weighted by molar-refractivity contribution is 6.09. The van der Waals surface area contributed by atoms with Gasteiger partial charge in [0, 0.05) is 5.69 Å². The van der Waals surface area contributed by atoms with Crippen LogP contribution >= 0.6 is 0 Å². The third-order valence-corrected chi connectivity index (χ3v) is 4.73. The minimum atomic E-state index is -1.07. The highest BCUT2D eigenvalue weighted by atomic mass is 16.5. The Balaban J connectivity index is 1.60. The molecule has 0 bridgehead atoms. The normalized spacial score (nSPS) is 10.6. The summed E-state index contributed by atoms with van der Waals surface area (Å²) in [5, 5.41) is 20.9. The maximum absolute atomic E-state index is 12.4. The monoisotopic (exact) mass is 456 g/mol. The number of hydrogen-bond donors (Lipinski definition) is 2. The molecule has 0 fully saturated rings. The summed E-state index contributed by atoms with van der Waals surface area (Å²) >= 11 is 0. The molecule has 8 heteroatoms. The number of carbonyl (C=O) groups excluding carboxylic acids is 2. The van der Waals surface area contributed by atoms with Crippen LogP contribution in [-0.4, -0.2) is 30.1 Å². The molecule has 0 aliphatic carbocycles. The molecule has 0 saturated heterocycles. The van der Waals surface area contributed by atoms with Gasteiger partial charge in [0.15, 0.2) is 0 Å². The lowest BCUT2D eigenvalue weighted by Crippen LogP contribution is -2.13. The highest BCUT2D eigenvalue weighted by Gasteiger charge is 2.11. The SMILES string of the molecule is COC(=O)c1ccc(COc2ccc(/C=C(\C#N)C(=O)Nc3ccc(C(=O)O)cc3)cc2)cc1. The van der Waals surface area contributed by atoms with Crippen molar-refractivity contribution in [1.29, 1.82) is 5.26 Å². The lowest BCUT2D eigenvalue weighted by atomic mass is 10.1. The summed E-state index contributed by atoms with van der Waals surface area (Å²) < 4.78 is 10.4. The Morgan fingerprint density at radius 1 is 0.941 bits per heavy atom. The molecule has 0 unspecified atom stereocenters. The van der Waals surface area contributed by atoms with Crippen LogP contribution < -0.4 is 10.1 Å². The van der Waals surface area contributed by atoms with E-state index in [1.165, 1.54) is 37.5 Å². The van der Waals surface area contributed by atoms with Crippen molar-refractivity contribution in [2.45, 2.75) is 6.61 Å². The number of carboxylic acids is 1. The summed E-state index contributed by atoms with van der Waals surface area (Å²) in [4.78, 5) is 34.8. The number of carboxylic acid groups (broad SMARTS) is 1. The van der Waals surface area contributed by atoms with E-state index in [1.807, 2.05) is 6.07 Å². The molecule has 170 valence electrons. The predicted octanol–water partition coefficient (Wildman–Crippen LogP) is 4.30. The number of hydrogen-bond acceptors (Lipinski definition) is 6. The van der Waals surface area contributed by atoms with E-state index in [4.69, 9.17) is 9.84 Å². The molecule has 0 aliphatic heterocycles. The van der Waals surface area contributed by atoms with Crippen molar-refractivity contribution in [1.82, 2.24) is 0 Å². The largest absolute Gasteiger partial charge is 0.489 e. The molecule has 0 aromatic heterocycles. The van der Waals surface area contributed by atoms with E-state index in [1.54, 1.807) is 48.5 Å². The number of esters is 1. The van der Waals surface area contributed by atoms with Crippen molar-refractivity contribution in [3.63, 3.8) is 0 Å². The van der Waals surface area contributed by atoms with Gasteiger partial charge in [-0.1, -0.05) is 24.3 Å². The van der Waals surface area contributed by atoms with Crippen molar-refractivity contribution < 1.29 is 29.0 Å². The smallest absolute Gasteiger partial charge is 0.337 e. The Hall–Kier alpha value is -4.90. The lowest BCUT2D eigenvalue weighted by Gasteiger charge is -2.08. The van der Waals surface area contributed by atoms with Crippen molar-refractivity contribution in [3.05, 3.63) is 101 Å². The fraction of sp³-hybridized carbons (Fsp3) is 0.0769. The molecule has 34 heavy (non-hydrogen) atoms. The van der Waals surface area contributed by atoms with Gasteiger partial charge in [0.25, 0.3) is 5.91 Å². The molecule has 1 amide bonds. The zero-order chi connectivity index (χ0) is 24.5. The predicted molar refractivity (Wildman–Crippen MR) is 124 cm³/mol. The van der Waals surface area contributed by atoms with Gasteiger partial charge in [-0.05, 0) is 65.7 Å². The topological polar surface area (TPSA) is 126 Å². The Morgan fingerprint density at radius 3 is 2.12 bits per heavy atom. The zero-order valence-corrected chi connectivity index (χ0v) is 18.1. The van der Waals surface area contributed by atoms with E-state index in [0.29, 0.717) is 29.2 Å². The second kappa shape index (κ2) is 11.1. The second-order valence-electron chi connectivity index (χ2n) is 7.05. The number of benzene rings is 3. The molecular weight excluding hydrogens is 436 g/mol. The minimum Gasteiger partial charge on any atom is -0.489 e. The molecule has 0 saturated carbocycles. The summed E-state index contributed by atoms with van der Waals surface area (Å²) in [6.07, 6.45) is 1.44. The number of nitrogens with zero attached hydrogens (tertiary/aromatic N) is 1. The maximum Gasteiger partial charge on any atom is 0.337 e. The first-order valence-electron chi connectivity index (χ1n) is 10.1. The van der Waals surface area contributed by atoms with E-state index >= 15 is 0 Å². The average Bonchev–Trinajstić information content (AvgIpc) is 2.86. The van der Waals surface area contributed by atoms with Crippen LogP contribution in [0.3, 0.4) is 0 Å². The fourth-order valence-corrected chi connectivity index (χ4v) is 2.89. The third kappa shape index (κ3) is 6.31. The maximum atomic E-state index is 12.4. The molecule has 3 aromatic rings. The first-order valence-corrected chi connectivity index (χ1v) is 10.1. The van der Waals surface area contributed by atoms with Crippen molar-refractivity contribution >= 4 is 29.6 Å². The van der Waals surface area contributed by atoms with E-state index in [9.17, 15) is 19.6 Å². The van der Waals surface area contributed by atoms with Crippen molar-refractivity contribution in [2.24, 2.45) is 0 Å².